The lowest BCUT2D eigenvalue weighted by Crippen LogP contribution is -2.42. The van der Waals surface area contributed by atoms with Crippen LogP contribution in [0.1, 0.15) is 32.6 Å². The second-order valence-corrected chi connectivity index (χ2v) is 3.27. The Hall–Kier alpha value is -0.520. The van der Waals surface area contributed by atoms with Crippen LogP contribution in [-0.4, -0.2) is 23.8 Å². The molecular weight excluding hydrogens is 150 g/mol. The maximum Gasteiger partial charge on any atom is 0.0693 e. The highest BCUT2D eigenvalue weighted by atomic mass is 16.3. The quantitative estimate of drug-likeness (QED) is 0.599. The van der Waals surface area contributed by atoms with Crippen molar-refractivity contribution >= 4 is 0 Å². The van der Waals surface area contributed by atoms with E-state index in [-0.39, 0.29) is 12.1 Å². The summed E-state index contributed by atoms with van der Waals surface area (Å²) in [6.45, 7) is 2.54. The van der Waals surface area contributed by atoms with E-state index in [4.69, 9.17) is 0 Å². The molecule has 2 unspecified atom stereocenters. The van der Waals surface area contributed by atoms with Gasteiger partial charge in [0.05, 0.1) is 12.6 Å². The average Bonchev–Trinajstić information content (AvgIpc) is 2.09. The first-order valence-electron chi connectivity index (χ1n) is 4.65. The van der Waals surface area contributed by atoms with Crippen LogP contribution in [-0.2, 0) is 0 Å². The molecule has 2 atom stereocenters. The van der Waals surface area contributed by atoms with Crippen molar-refractivity contribution in [3.8, 4) is 11.8 Å². The molecule has 12 heavy (non-hydrogen) atoms. The summed E-state index contributed by atoms with van der Waals surface area (Å²) in [4.78, 5) is 0. The zero-order valence-corrected chi connectivity index (χ0v) is 7.64. The molecule has 0 amide bonds. The largest absolute Gasteiger partial charge is 0.392 e. The predicted molar refractivity (Wildman–Crippen MR) is 49.7 cm³/mol. The fourth-order valence-corrected chi connectivity index (χ4v) is 1.62. The van der Waals surface area contributed by atoms with Gasteiger partial charge in [0.25, 0.3) is 0 Å². The van der Waals surface area contributed by atoms with Crippen molar-refractivity contribution in [1.29, 1.82) is 0 Å². The highest BCUT2D eigenvalue weighted by molar-refractivity contribution is 4.98. The zero-order valence-electron chi connectivity index (χ0n) is 7.64. The lowest BCUT2D eigenvalue weighted by atomic mass is 9.93. The van der Waals surface area contributed by atoms with Gasteiger partial charge in [-0.1, -0.05) is 18.8 Å². The van der Waals surface area contributed by atoms with E-state index in [1.807, 2.05) is 6.92 Å². The lowest BCUT2D eigenvalue weighted by molar-refractivity contribution is 0.0931. The third-order valence-electron chi connectivity index (χ3n) is 2.36. The van der Waals surface area contributed by atoms with Gasteiger partial charge in [0.15, 0.2) is 0 Å². The Morgan fingerprint density at radius 1 is 1.42 bits per heavy atom. The third kappa shape index (κ3) is 2.84. The van der Waals surface area contributed by atoms with Crippen LogP contribution < -0.4 is 5.32 Å². The van der Waals surface area contributed by atoms with Gasteiger partial charge in [0, 0.05) is 6.04 Å². The molecule has 1 fully saturated rings. The van der Waals surface area contributed by atoms with Gasteiger partial charge in [-0.15, -0.1) is 5.92 Å². The van der Waals surface area contributed by atoms with Gasteiger partial charge >= 0.3 is 0 Å². The fourth-order valence-electron chi connectivity index (χ4n) is 1.62. The second-order valence-electron chi connectivity index (χ2n) is 3.27. The van der Waals surface area contributed by atoms with E-state index >= 15 is 0 Å². The van der Waals surface area contributed by atoms with Gasteiger partial charge in [0.1, 0.15) is 0 Å². The molecule has 1 aliphatic rings. The molecular formula is C10H17NO. The standard InChI is InChI=1S/C10H17NO/c1-2-3-8-11-9-6-4-5-7-10(9)12/h9-12H,4-8H2,1H3. The molecule has 2 nitrogen and oxygen atoms in total. The van der Waals surface area contributed by atoms with E-state index in [9.17, 15) is 5.11 Å². The van der Waals surface area contributed by atoms with E-state index in [0.29, 0.717) is 6.54 Å². The number of aliphatic hydroxyl groups excluding tert-OH is 1. The molecule has 0 radical (unpaired) electrons. The molecule has 0 heterocycles. The second kappa shape index (κ2) is 5.18. The SMILES string of the molecule is CC#CCNC1CCCCC1O. The van der Waals surface area contributed by atoms with Gasteiger partial charge in [-0.25, -0.2) is 0 Å². The molecule has 0 spiro atoms. The lowest BCUT2D eigenvalue weighted by Gasteiger charge is -2.27. The van der Waals surface area contributed by atoms with E-state index in [0.717, 1.165) is 12.8 Å². The highest BCUT2D eigenvalue weighted by Crippen LogP contribution is 2.17. The van der Waals surface area contributed by atoms with Crippen LogP contribution in [0.25, 0.3) is 0 Å². The average molecular weight is 167 g/mol. The Morgan fingerprint density at radius 3 is 2.83 bits per heavy atom. The Balaban J connectivity index is 2.23. The Labute approximate surface area is 74.4 Å². The molecule has 0 aromatic heterocycles. The summed E-state index contributed by atoms with van der Waals surface area (Å²) in [6.07, 6.45) is 4.27. The minimum Gasteiger partial charge on any atom is -0.392 e. The Morgan fingerprint density at radius 2 is 2.17 bits per heavy atom. The molecule has 1 saturated carbocycles. The molecule has 2 N–H and O–H groups in total. The molecule has 0 aliphatic heterocycles. The summed E-state index contributed by atoms with van der Waals surface area (Å²) in [5.41, 5.74) is 0. The summed E-state index contributed by atoms with van der Waals surface area (Å²) in [5, 5.41) is 12.8. The molecule has 0 saturated heterocycles. The first-order chi connectivity index (χ1) is 5.84. The van der Waals surface area contributed by atoms with Crippen LogP contribution in [0.4, 0.5) is 0 Å². The van der Waals surface area contributed by atoms with Gasteiger partial charge in [0.2, 0.25) is 0 Å². The topological polar surface area (TPSA) is 32.3 Å². The van der Waals surface area contributed by atoms with Crippen LogP contribution >= 0.6 is 0 Å². The van der Waals surface area contributed by atoms with E-state index in [1.165, 1.54) is 12.8 Å². The van der Waals surface area contributed by atoms with Crippen molar-refractivity contribution in [3.05, 3.63) is 0 Å². The minimum absolute atomic E-state index is 0.155. The monoisotopic (exact) mass is 167 g/mol. The van der Waals surface area contributed by atoms with Crippen molar-refractivity contribution in [2.75, 3.05) is 6.54 Å². The van der Waals surface area contributed by atoms with Crippen molar-refractivity contribution in [2.45, 2.75) is 44.8 Å². The summed E-state index contributed by atoms with van der Waals surface area (Å²) < 4.78 is 0. The van der Waals surface area contributed by atoms with Crippen molar-refractivity contribution in [1.82, 2.24) is 5.32 Å². The van der Waals surface area contributed by atoms with E-state index < -0.39 is 0 Å². The van der Waals surface area contributed by atoms with E-state index in [1.54, 1.807) is 0 Å². The summed E-state index contributed by atoms with van der Waals surface area (Å²) in [6, 6.07) is 0.277. The summed E-state index contributed by atoms with van der Waals surface area (Å²) in [5.74, 6) is 5.77. The Kier molecular flexibility index (Phi) is 4.13. The van der Waals surface area contributed by atoms with Gasteiger partial charge in [-0.3, -0.25) is 0 Å². The fraction of sp³-hybridized carbons (Fsp3) is 0.800. The van der Waals surface area contributed by atoms with Gasteiger partial charge in [-0.05, 0) is 19.8 Å². The van der Waals surface area contributed by atoms with E-state index in [2.05, 4.69) is 17.2 Å². The first-order valence-corrected chi connectivity index (χ1v) is 4.65. The number of rotatable bonds is 2. The molecule has 68 valence electrons. The smallest absolute Gasteiger partial charge is 0.0693 e. The highest BCUT2D eigenvalue weighted by Gasteiger charge is 2.21. The number of aliphatic hydroxyl groups is 1. The normalized spacial score (nSPS) is 29.2. The maximum atomic E-state index is 9.56. The maximum absolute atomic E-state index is 9.56. The number of hydrogen-bond acceptors (Lipinski definition) is 2. The van der Waals surface area contributed by atoms with Gasteiger partial charge < -0.3 is 10.4 Å². The third-order valence-corrected chi connectivity index (χ3v) is 2.36. The molecule has 1 rings (SSSR count). The van der Waals surface area contributed by atoms with Crippen molar-refractivity contribution in [2.24, 2.45) is 0 Å². The van der Waals surface area contributed by atoms with Crippen LogP contribution in [0.5, 0.6) is 0 Å². The van der Waals surface area contributed by atoms with Gasteiger partial charge in [-0.2, -0.15) is 0 Å². The molecule has 2 heteroatoms. The predicted octanol–water partition coefficient (Wildman–Crippen LogP) is 0.903. The molecule has 1 aliphatic carbocycles. The molecule has 0 aromatic carbocycles. The van der Waals surface area contributed by atoms with Crippen LogP contribution in [0.2, 0.25) is 0 Å². The number of nitrogens with one attached hydrogen (secondary N) is 1. The zero-order chi connectivity index (χ0) is 8.81. The summed E-state index contributed by atoms with van der Waals surface area (Å²) >= 11 is 0. The van der Waals surface area contributed by atoms with Crippen LogP contribution in [0.3, 0.4) is 0 Å². The molecule has 0 aromatic rings. The minimum atomic E-state index is -0.155. The number of hydrogen-bond donors (Lipinski definition) is 2. The van der Waals surface area contributed by atoms with Crippen molar-refractivity contribution < 1.29 is 5.11 Å². The first kappa shape index (κ1) is 9.57. The summed E-state index contributed by atoms with van der Waals surface area (Å²) in [7, 11) is 0. The molecule has 0 bridgehead atoms. The van der Waals surface area contributed by atoms with Crippen LogP contribution in [0.15, 0.2) is 0 Å². The van der Waals surface area contributed by atoms with Crippen molar-refractivity contribution in [3.63, 3.8) is 0 Å². The van der Waals surface area contributed by atoms with Crippen LogP contribution in [0, 0.1) is 11.8 Å². The Bertz CT molecular complexity index is 180.